The lowest BCUT2D eigenvalue weighted by Gasteiger charge is -2.04. The molecular weight excluding hydrogens is 198 g/mol. The van der Waals surface area contributed by atoms with Crippen molar-refractivity contribution in [2.75, 3.05) is 5.21 Å². The van der Waals surface area contributed by atoms with Crippen LogP contribution in [0.4, 0.5) is 0 Å². The number of hydrogen-bond acceptors (Lipinski definition) is 1. The lowest BCUT2D eigenvalue weighted by molar-refractivity contribution is 1.77. The molecule has 0 fully saturated rings. The number of rotatable bonds is 1. The zero-order chi connectivity index (χ0) is 5.91. The first-order valence-corrected chi connectivity index (χ1v) is 3.98. The van der Waals surface area contributed by atoms with Gasteiger partial charge in [0.1, 0.15) is 0 Å². The maximum atomic E-state index is 5.24. The summed E-state index contributed by atoms with van der Waals surface area (Å²) >= 11 is 22.0. The van der Waals surface area contributed by atoms with Gasteiger partial charge in [0.2, 0.25) is 3.12 Å². The van der Waals surface area contributed by atoms with Crippen LogP contribution in [0.25, 0.3) is 0 Å². The van der Waals surface area contributed by atoms with E-state index < -0.39 is 3.12 Å². The van der Waals surface area contributed by atoms with Gasteiger partial charge in [-0.2, -0.15) is 0 Å². The van der Waals surface area contributed by atoms with E-state index in [0.717, 1.165) is 11.8 Å². The zero-order valence-electron chi connectivity index (χ0n) is 3.13. The van der Waals surface area contributed by atoms with Crippen LogP contribution >= 0.6 is 58.2 Å². The molecule has 0 radical (unpaired) electrons. The van der Waals surface area contributed by atoms with Crippen molar-refractivity contribution < 1.29 is 0 Å². The summed E-state index contributed by atoms with van der Waals surface area (Å²) in [4.78, 5) is 0. The molecule has 5 heteroatoms. The van der Waals surface area contributed by atoms with Crippen molar-refractivity contribution in [1.29, 1.82) is 0 Å². The molecule has 0 saturated carbocycles. The topological polar surface area (TPSA) is 0 Å². The van der Waals surface area contributed by atoms with E-state index in [-0.39, 0.29) is 0 Å². The summed E-state index contributed by atoms with van der Waals surface area (Å²) in [6.07, 6.45) is 0. The van der Waals surface area contributed by atoms with Crippen LogP contribution in [0.2, 0.25) is 0 Å². The molecule has 0 heterocycles. The lowest BCUT2D eigenvalue weighted by Crippen LogP contribution is -1.91. The van der Waals surface area contributed by atoms with E-state index in [9.17, 15) is 0 Å². The number of alkyl halides is 4. The highest BCUT2D eigenvalue weighted by Gasteiger charge is 2.18. The minimum Gasteiger partial charge on any atom is -0.115 e. The van der Waals surface area contributed by atoms with Gasteiger partial charge in [0, 0.05) is 0 Å². The van der Waals surface area contributed by atoms with E-state index in [4.69, 9.17) is 46.4 Å². The predicted molar refractivity (Wildman–Crippen MR) is 38.6 cm³/mol. The second-order valence-electron chi connectivity index (χ2n) is 0.699. The molecule has 0 rings (SSSR count). The second kappa shape index (κ2) is 3.52. The van der Waals surface area contributed by atoms with Crippen molar-refractivity contribution in [2.24, 2.45) is 0 Å². The molecule has 0 atom stereocenters. The Morgan fingerprint density at radius 3 is 1.71 bits per heavy atom. The first kappa shape index (κ1) is 8.51. The normalized spacial score (nSPS) is 12.0. The van der Waals surface area contributed by atoms with Crippen LogP contribution in [0.3, 0.4) is 0 Å². The van der Waals surface area contributed by atoms with E-state index in [1.165, 1.54) is 0 Å². The smallest absolute Gasteiger partial charge is 0.115 e. The van der Waals surface area contributed by atoms with Gasteiger partial charge in [0.15, 0.2) is 0 Å². The molecule has 0 nitrogen and oxygen atoms in total. The van der Waals surface area contributed by atoms with E-state index in [1.807, 2.05) is 0 Å². The molecule has 0 amide bonds. The third-order valence-corrected chi connectivity index (χ3v) is 1.96. The highest BCUT2D eigenvalue weighted by Crippen LogP contribution is 2.38. The average Bonchev–Trinajstić information content (AvgIpc) is 1.30. The summed E-state index contributed by atoms with van der Waals surface area (Å²) in [6, 6.07) is 0. The molecule has 0 aromatic heterocycles. The molecule has 0 aliphatic heterocycles. The van der Waals surface area contributed by atoms with Crippen LogP contribution < -0.4 is 0 Å². The average molecular weight is 200 g/mol. The molecule has 44 valence electrons. The van der Waals surface area contributed by atoms with Crippen LogP contribution in [-0.4, -0.2) is 8.34 Å². The monoisotopic (exact) mass is 198 g/mol. The molecule has 0 aliphatic carbocycles. The number of halogens is 4. The molecule has 0 aromatic carbocycles. The Morgan fingerprint density at radius 2 is 1.71 bits per heavy atom. The lowest BCUT2D eigenvalue weighted by atomic mass is 11.8. The van der Waals surface area contributed by atoms with Crippen molar-refractivity contribution in [3.8, 4) is 0 Å². The fraction of sp³-hybridized carbons (Fsp3) is 1.00. The Morgan fingerprint density at radius 1 is 1.29 bits per heavy atom. The van der Waals surface area contributed by atoms with Gasteiger partial charge in [0.05, 0.1) is 5.21 Å². The van der Waals surface area contributed by atoms with Crippen molar-refractivity contribution in [2.45, 2.75) is 3.12 Å². The molecule has 0 N–H and O–H groups in total. The fourth-order valence-corrected chi connectivity index (χ4v) is 1.67. The maximum Gasteiger partial charge on any atom is 0.238 e. The highest BCUT2D eigenvalue weighted by atomic mass is 35.6. The molecule has 0 spiro atoms. The molecular formula is C2H2Cl4S. The molecule has 7 heavy (non-hydrogen) atoms. The molecule has 0 aromatic rings. The van der Waals surface area contributed by atoms with Crippen molar-refractivity contribution in [3.63, 3.8) is 0 Å². The van der Waals surface area contributed by atoms with Gasteiger partial charge in [-0.05, 0) is 0 Å². The zero-order valence-corrected chi connectivity index (χ0v) is 6.97. The second-order valence-corrected chi connectivity index (χ2v) is 5.43. The Bertz CT molecular complexity index is 48.1. The van der Waals surface area contributed by atoms with E-state index >= 15 is 0 Å². The van der Waals surface area contributed by atoms with Gasteiger partial charge in [-0.3, -0.25) is 0 Å². The van der Waals surface area contributed by atoms with Crippen LogP contribution in [0, 0.1) is 0 Å². The molecule has 0 unspecified atom stereocenters. The van der Waals surface area contributed by atoms with Crippen LogP contribution in [0.15, 0.2) is 0 Å². The minimum absolute atomic E-state index is 0.302. The quantitative estimate of drug-likeness (QED) is 0.585. The fourth-order valence-electron chi connectivity index (χ4n) is 0.0619. The van der Waals surface area contributed by atoms with Crippen LogP contribution in [-0.2, 0) is 0 Å². The number of hydrogen-bond donors (Lipinski definition) is 0. The van der Waals surface area contributed by atoms with Crippen molar-refractivity contribution in [1.82, 2.24) is 0 Å². The van der Waals surface area contributed by atoms with Gasteiger partial charge >= 0.3 is 0 Å². The van der Waals surface area contributed by atoms with Crippen LogP contribution in [0.5, 0.6) is 0 Å². The predicted octanol–water partition coefficient (Wildman–Crippen LogP) is 3.24. The molecule has 0 saturated heterocycles. The summed E-state index contributed by atoms with van der Waals surface area (Å²) in [7, 11) is 0. The Labute approximate surface area is 66.4 Å². The van der Waals surface area contributed by atoms with E-state index in [2.05, 4.69) is 0 Å². The van der Waals surface area contributed by atoms with Gasteiger partial charge in [0.25, 0.3) is 0 Å². The first-order chi connectivity index (χ1) is 3.06. The van der Waals surface area contributed by atoms with E-state index in [0.29, 0.717) is 5.21 Å². The Hall–Kier alpha value is 1.51. The Balaban J connectivity index is 3.15. The third-order valence-electron chi connectivity index (χ3n) is 0.218. The van der Waals surface area contributed by atoms with Crippen molar-refractivity contribution >= 4 is 58.2 Å². The molecule has 0 aliphatic rings. The summed E-state index contributed by atoms with van der Waals surface area (Å²) in [6.45, 7) is 0. The summed E-state index contributed by atoms with van der Waals surface area (Å²) in [5.74, 6) is 0. The van der Waals surface area contributed by atoms with Gasteiger partial charge in [-0.15, -0.1) is 11.6 Å². The standard InChI is InChI=1S/C2H2Cl4S/c3-1-7-2(4,5)6/h1H2. The van der Waals surface area contributed by atoms with Crippen molar-refractivity contribution in [3.05, 3.63) is 0 Å². The van der Waals surface area contributed by atoms with Gasteiger partial charge < -0.3 is 0 Å². The third kappa shape index (κ3) is 7.51. The number of thioether (sulfide) groups is 1. The summed E-state index contributed by atoms with van der Waals surface area (Å²) in [5.41, 5.74) is 0. The first-order valence-electron chi connectivity index (χ1n) is 1.33. The van der Waals surface area contributed by atoms with E-state index in [1.54, 1.807) is 0 Å². The Kier molecular flexibility index (Phi) is 4.28. The maximum absolute atomic E-state index is 5.24. The van der Waals surface area contributed by atoms with Gasteiger partial charge in [-0.1, -0.05) is 46.6 Å². The van der Waals surface area contributed by atoms with Crippen LogP contribution in [0.1, 0.15) is 0 Å². The van der Waals surface area contributed by atoms with Gasteiger partial charge in [-0.25, -0.2) is 0 Å². The summed E-state index contributed by atoms with van der Waals surface area (Å²) < 4.78 is -1.25. The minimum atomic E-state index is -1.25. The highest BCUT2D eigenvalue weighted by molar-refractivity contribution is 8.05. The SMILES string of the molecule is ClCSC(Cl)(Cl)Cl. The summed E-state index contributed by atoms with van der Waals surface area (Å²) in [5, 5.41) is 0.302. The molecule has 0 bridgehead atoms. The largest absolute Gasteiger partial charge is 0.238 e.